The normalized spacial score (nSPS) is 21.2. The average molecular weight is 364 g/mol. The molecule has 2 aromatic carbocycles. The molecule has 2 heterocycles. The summed E-state index contributed by atoms with van der Waals surface area (Å²) in [5.41, 5.74) is 2.94. The molecule has 142 valence electrons. The number of piperidine rings is 1. The molecule has 4 rings (SSSR count). The lowest BCUT2D eigenvalue weighted by Gasteiger charge is -2.40. The van der Waals surface area contributed by atoms with E-state index in [2.05, 4.69) is 28.0 Å². The number of nitrogens with zero attached hydrogens (tertiary/aromatic N) is 2. The number of carbonyl (C=O) groups is 1. The van der Waals surface area contributed by atoms with Crippen molar-refractivity contribution in [3.63, 3.8) is 0 Å². The third kappa shape index (κ3) is 4.23. The molecule has 0 aromatic heterocycles. The first-order chi connectivity index (χ1) is 13.3. The molecular weight excluding hydrogens is 336 g/mol. The largest absolute Gasteiger partial charge is 0.379 e. The molecule has 0 radical (unpaired) electrons. The van der Waals surface area contributed by atoms with E-state index in [9.17, 15) is 4.79 Å². The number of hydrogen-bond acceptors (Lipinski definition) is 3. The zero-order chi connectivity index (χ0) is 18.5. The molecule has 4 nitrogen and oxygen atoms in total. The number of morpholine rings is 1. The van der Waals surface area contributed by atoms with Gasteiger partial charge in [0.1, 0.15) is 0 Å². The number of ether oxygens (including phenoxy) is 1. The van der Waals surface area contributed by atoms with Crippen molar-refractivity contribution in [1.29, 1.82) is 0 Å². The molecule has 2 fully saturated rings. The monoisotopic (exact) mass is 364 g/mol. The summed E-state index contributed by atoms with van der Waals surface area (Å²) in [4.78, 5) is 18.1. The van der Waals surface area contributed by atoms with E-state index in [-0.39, 0.29) is 5.91 Å². The first kappa shape index (κ1) is 18.2. The predicted molar refractivity (Wildman–Crippen MR) is 108 cm³/mol. The predicted octanol–water partition coefficient (Wildman–Crippen LogP) is 3.68. The van der Waals surface area contributed by atoms with Gasteiger partial charge < -0.3 is 9.64 Å². The Balaban J connectivity index is 1.57. The van der Waals surface area contributed by atoms with Crippen LogP contribution in [0.5, 0.6) is 0 Å². The second-order valence-corrected chi connectivity index (χ2v) is 7.47. The highest BCUT2D eigenvalue weighted by Gasteiger charge is 2.30. The van der Waals surface area contributed by atoms with Crippen LogP contribution in [0.3, 0.4) is 0 Å². The Morgan fingerprint density at radius 3 is 2.48 bits per heavy atom. The Hall–Kier alpha value is -2.17. The van der Waals surface area contributed by atoms with Crippen molar-refractivity contribution in [3.05, 3.63) is 60.2 Å². The van der Waals surface area contributed by atoms with Gasteiger partial charge >= 0.3 is 0 Å². The summed E-state index contributed by atoms with van der Waals surface area (Å²) in [6, 6.07) is 18.5. The third-order valence-corrected chi connectivity index (χ3v) is 5.70. The minimum Gasteiger partial charge on any atom is -0.379 e. The van der Waals surface area contributed by atoms with Crippen molar-refractivity contribution >= 4 is 5.91 Å². The first-order valence-corrected chi connectivity index (χ1v) is 10.1. The fraction of sp³-hybridized carbons (Fsp3) is 0.435. The fourth-order valence-corrected chi connectivity index (χ4v) is 4.23. The van der Waals surface area contributed by atoms with Gasteiger partial charge in [0.15, 0.2) is 0 Å². The van der Waals surface area contributed by atoms with Crippen molar-refractivity contribution in [1.82, 2.24) is 9.80 Å². The van der Waals surface area contributed by atoms with Gasteiger partial charge in [0.2, 0.25) is 0 Å². The van der Waals surface area contributed by atoms with Crippen LogP contribution in [-0.2, 0) is 4.74 Å². The van der Waals surface area contributed by atoms with Crippen molar-refractivity contribution in [2.75, 3.05) is 39.4 Å². The van der Waals surface area contributed by atoms with Crippen LogP contribution in [0, 0.1) is 0 Å². The van der Waals surface area contributed by atoms with Crippen molar-refractivity contribution < 1.29 is 9.53 Å². The van der Waals surface area contributed by atoms with Gasteiger partial charge in [-0.25, -0.2) is 0 Å². The van der Waals surface area contributed by atoms with E-state index >= 15 is 0 Å². The van der Waals surface area contributed by atoms with Gasteiger partial charge in [-0.1, -0.05) is 48.5 Å². The van der Waals surface area contributed by atoms with E-state index in [1.807, 2.05) is 36.4 Å². The summed E-state index contributed by atoms with van der Waals surface area (Å²) < 4.78 is 5.48. The van der Waals surface area contributed by atoms with Gasteiger partial charge in [-0.15, -0.1) is 0 Å². The van der Waals surface area contributed by atoms with Gasteiger partial charge in [-0.05, 0) is 36.5 Å². The molecule has 4 heteroatoms. The van der Waals surface area contributed by atoms with Crippen molar-refractivity contribution in [3.8, 4) is 11.1 Å². The van der Waals surface area contributed by atoms with Gasteiger partial charge in [0.05, 0.1) is 13.2 Å². The zero-order valence-corrected chi connectivity index (χ0v) is 15.8. The summed E-state index contributed by atoms with van der Waals surface area (Å²) in [5, 5.41) is 0. The maximum Gasteiger partial charge on any atom is 0.254 e. The molecule has 1 atom stereocenters. The summed E-state index contributed by atoms with van der Waals surface area (Å²) in [6.07, 6.45) is 3.40. The number of benzene rings is 2. The van der Waals surface area contributed by atoms with Crippen molar-refractivity contribution in [2.45, 2.75) is 25.3 Å². The maximum atomic E-state index is 13.5. The van der Waals surface area contributed by atoms with Crippen LogP contribution in [0.4, 0.5) is 0 Å². The van der Waals surface area contributed by atoms with Gasteiger partial charge in [0.25, 0.3) is 5.91 Å². The lowest BCUT2D eigenvalue weighted by Crippen LogP contribution is -2.51. The SMILES string of the molecule is O=C(c1ccccc1-c1ccccc1)N1CCCCC1CN1CCOCC1. The minimum atomic E-state index is 0.174. The lowest BCUT2D eigenvalue weighted by molar-refractivity contribution is 0.0166. The topological polar surface area (TPSA) is 32.8 Å². The van der Waals surface area contributed by atoms with Crippen LogP contribution in [0.15, 0.2) is 54.6 Å². The molecule has 1 unspecified atom stereocenters. The van der Waals surface area contributed by atoms with E-state index in [1.165, 1.54) is 6.42 Å². The maximum absolute atomic E-state index is 13.5. The van der Waals surface area contributed by atoms with Crippen LogP contribution >= 0.6 is 0 Å². The molecule has 0 spiro atoms. The van der Waals surface area contributed by atoms with E-state index in [4.69, 9.17) is 4.74 Å². The molecule has 2 aromatic rings. The molecule has 0 aliphatic carbocycles. The van der Waals surface area contributed by atoms with Crippen LogP contribution in [0.1, 0.15) is 29.6 Å². The summed E-state index contributed by atoms with van der Waals surface area (Å²) in [7, 11) is 0. The second-order valence-electron chi connectivity index (χ2n) is 7.47. The fourth-order valence-electron chi connectivity index (χ4n) is 4.23. The van der Waals surface area contributed by atoms with E-state index in [1.54, 1.807) is 0 Å². The van der Waals surface area contributed by atoms with E-state index in [0.29, 0.717) is 6.04 Å². The number of amides is 1. The first-order valence-electron chi connectivity index (χ1n) is 10.1. The van der Waals surface area contributed by atoms with Crippen LogP contribution in [0.25, 0.3) is 11.1 Å². The van der Waals surface area contributed by atoms with Crippen LogP contribution in [0.2, 0.25) is 0 Å². The Labute approximate surface area is 161 Å². The molecule has 0 N–H and O–H groups in total. The molecule has 2 aliphatic rings. The molecular formula is C23H28N2O2. The Kier molecular flexibility index (Phi) is 5.85. The molecule has 2 aliphatic heterocycles. The number of carbonyl (C=O) groups excluding carboxylic acids is 1. The zero-order valence-electron chi connectivity index (χ0n) is 15.8. The number of hydrogen-bond donors (Lipinski definition) is 0. The van der Waals surface area contributed by atoms with Crippen molar-refractivity contribution in [2.24, 2.45) is 0 Å². The highest BCUT2D eigenvalue weighted by Crippen LogP contribution is 2.27. The Bertz CT molecular complexity index is 756. The molecule has 0 bridgehead atoms. The van der Waals surface area contributed by atoms with Crippen LogP contribution < -0.4 is 0 Å². The molecule has 0 saturated carbocycles. The Morgan fingerprint density at radius 2 is 1.67 bits per heavy atom. The molecule has 27 heavy (non-hydrogen) atoms. The smallest absolute Gasteiger partial charge is 0.254 e. The van der Waals surface area contributed by atoms with Gasteiger partial charge in [-0.2, -0.15) is 0 Å². The third-order valence-electron chi connectivity index (χ3n) is 5.70. The quantitative estimate of drug-likeness (QED) is 0.830. The Morgan fingerprint density at radius 1 is 0.926 bits per heavy atom. The summed E-state index contributed by atoms with van der Waals surface area (Å²) in [5.74, 6) is 0.174. The standard InChI is InChI=1S/C23H28N2O2/c26-23(22-12-5-4-11-21(22)19-8-2-1-3-9-19)25-13-7-6-10-20(25)18-24-14-16-27-17-15-24/h1-5,8-9,11-12,20H,6-7,10,13-18H2. The molecule has 2 saturated heterocycles. The summed E-state index contributed by atoms with van der Waals surface area (Å²) >= 11 is 0. The lowest BCUT2D eigenvalue weighted by atomic mass is 9.96. The van der Waals surface area contributed by atoms with E-state index in [0.717, 1.165) is 68.9 Å². The second kappa shape index (κ2) is 8.68. The highest BCUT2D eigenvalue weighted by molar-refractivity contribution is 6.01. The average Bonchev–Trinajstić information content (AvgIpc) is 2.75. The minimum absolute atomic E-state index is 0.174. The van der Waals surface area contributed by atoms with Gasteiger partial charge in [-0.3, -0.25) is 9.69 Å². The molecule has 1 amide bonds. The highest BCUT2D eigenvalue weighted by atomic mass is 16.5. The van der Waals surface area contributed by atoms with Crippen LogP contribution in [-0.4, -0.2) is 61.1 Å². The number of rotatable bonds is 4. The number of likely N-dealkylation sites (tertiary alicyclic amines) is 1. The summed E-state index contributed by atoms with van der Waals surface area (Å²) in [6.45, 7) is 5.37. The van der Waals surface area contributed by atoms with E-state index < -0.39 is 0 Å². The van der Waals surface area contributed by atoms with Gasteiger partial charge in [0, 0.05) is 37.8 Å².